The van der Waals surface area contributed by atoms with Gasteiger partial charge in [-0.05, 0) is 49.2 Å². The molecular formula is C22H21N3O6S. The molecule has 32 heavy (non-hydrogen) atoms. The Morgan fingerprint density at radius 3 is 2.25 bits per heavy atom. The number of hydrazine groups is 1. The molecule has 1 fully saturated rings. The maximum absolute atomic E-state index is 12.7. The van der Waals surface area contributed by atoms with E-state index in [1.54, 1.807) is 24.3 Å². The number of nitrogens with zero attached hydrogens (tertiary/aromatic N) is 1. The van der Waals surface area contributed by atoms with Crippen LogP contribution in [0, 0.1) is 0 Å². The summed E-state index contributed by atoms with van der Waals surface area (Å²) in [4.78, 5) is 36.8. The largest absolute Gasteiger partial charge is 0.422 e. The minimum Gasteiger partial charge on any atom is -0.422 e. The molecule has 9 nitrogen and oxygen atoms in total. The van der Waals surface area contributed by atoms with E-state index < -0.39 is 27.5 Å². The fourth-order valence-corrected chi connectivity index (χ4v) is 5.02. The molecule has 1 aliphatic heterocycles. The maximum atomic E-state index is 12.7. The van der Waals surface area contributed by atoms with Gasteiger partial charge in [-0.1, -0.05) is 24.6 Å². The van der Waals surface area contributed by atoms with Crippen LogP contribution in [0.25, 0.3) is 11.0 Å². The average Bonchev–Trinajstić information content (AvgIpc) is 2.82. The predicted molar refractivity (Wildman–Crippen MR) is 116 cm³/mol. The zero-order valence-electron chi connectivity index (χ0n) is 17.0. The third-order valence-corrected chi connectivity index (χ3v) is 7.16. The van der Waals surface area contributed by atoms with E-state index in [0.29, 0.717) is 24.1 Å². The number of carbonyl (C=O) groups excluding carboxylic acids is 2. The van der Waals surface area contributed by atoms with E-state index in [0.717, 1.165) is 19.3 Å². The van der Waals surface area contributed by atoms with Crippen molar-refractivity contribution in [2.75, 3.05) is 13.1 Å². The van der Waals surface area contributed by atoms with Crippen molar-refractivity contribution >= 4 is 32.8 Å². The van der Waals surface area contributed by atoms with Crippen molar-refractivity contribution in [1.82, 2.24) is 15.2 Å². The van der Waals surface area contributed by atoms with Gasteiger partial charge in [-0.15, -0.1) is 0 Å². The van der Waals surface area contributed by atoms with Gasteiger partial charge < -0.3 is 4.42 Å². The second-order valence-corrected chi connectivity index (χ2v) is 9.32. The van der Waals surface area contributed by atoms with Crippen LogP contribution in [0.15, 0.2) is 68.7 Å². The molecular weight excluding hydrogens is 434 g/mol. The molecule has 1 aliphatic rings. The maximum Gasteiger partial charge on any atom is 0.349 e. The van der Waals surface area contributed by atoms with Crippen LogP contribution in [-0.4, -0.2) is 37.6 Å². The third kappa shape index (κ3) is 4.41. The van der Waals surface area contributed by atoms with Gasteiger partial charge in [-0.2, -0.15) is 4.31 Å². The highest BCUT2D eigenvalue weighted by atomic mass is 32.2. The van der Waals surface area contributed by atoms with E-state index in [2.05, 4.69) is 10.9 Å². The summed E-state index contributed by atoms with van der Waals surface area (Å²) in [6.07, 6.45) is 2.67. The highest BCUT2D eigenvalue weighted by Gasteiger charge is 2.26. The molecule has 0 radical (unpaired) electrons. The summed E-state index contributed by atoms with van der Waals surface area (Å²) in [7, 11) is -3.60. The molecule has 0 spiro atoms. The number of hydrogen-bond acceptors (Lipinski definition) is 6. The van der Waals surface area contributed by atoms with E-state index in [1.807, 2.05) is 0 Å². The number of fused-ring (bicyclic) bond motifs is 1. The minimum atomic E-state index is -3.60. The van der Waals surface area contributed by atoms with Crippen molar-refractivity contribution in [3.8, 4) is 0 Å². The summed E-state index contributed by atoms with van der Waals surface area (Å²) in [5.41, 5.74) is 3.79. The second-order valence-electron chi connectivity index (χ2n) is 7.38. The summed E-state index contributed by atoms with van der Waals surface area (Å²) >= 11 is 0. The number of rotatable bonds is 4. The van der Waals surface area contributed by atoms with Gasteiger partial charge in [0.2, 0.25) is 10.0 Å². The van der Waals surface area contributed by atoms with Crippen LogP contribution < -0.4 is 16.5 Å². The highest BCUT2D eigenvalue weighted by Crippen LogP contribution is 2.21. The molecule has 2 aromatic carbocycles. The van der Waals surface area contributed by atoms with Crippen molar-refractivity contribution in [2.45, 2.75) is 24.2 Å². The van der Waals surface area contributed by atoms with Crippen LogP contribution in [0.5, 0.6) is 0 Å². The van der Waals surface area contributed by atoms with E-state index in [4.69, 9.17) is 4.42 Å². The van der Waals surface area contributed by atoms with Crippen molar-refractivity contribution in [3.63, 3.8) is 0 Å². The molecule has 2 amide bonds. The quantitative estimate of drug-likeness (QED) is 0.458. The Morgan fingerprint density at radius 2 is 1.53 bits per heavy atom. The molecule has 10 heteroatoms. The molecule has 0 aliphatic carbocycles. The molecule has 2 N–H and O–H groups in total. The van der Waals surface area contributed by atoms with Crippen molar-refractivity contribution in [2.24, 2.45) is 0 Å². The molecule has 1 saturated heterocycles. The fourth-order valence-electron chi connectivity index (χ4n) is 3.51. The van der Waals surface area contributed by atoms with Gasteiger partial charge in [0, 0.05) is 24.0 Å². The van der Waals surface area contributed by atoms with Gasteiger partial charge >= 0.3 is 5.63 Å². The number of piperidine rings is 1. The lowest BCUT2D eigenvalue weighted by Gasteiger charge is -2.25. The van der Waals surface area contributed by atoms with Crippen LogP contribution in [0.1, 0.15) is 40.0 Å². The van der Waals surface area contributed by atoms with Crippen molar-refractivity contribution < 1.29 is 22.4 Å². The smallest absolute Gasteiger partial charge is 0.349 e. The first-order valence-corrected chi connectivity index (χ1v) is 11.5. The van der Waals surface area contributed by atoms with Gasteiger partial charge in [-0.25, -0.2) is 13.2 Å². The molecule has 0 bridgehead atoms. The van der Waals surface area contributed by atoms with Crippen LogP contribution in [-0.2, 0) is 10.0 Å². The number of nitrogens with one attached hydrogen (secondary N) is 2. The Hall–Kier alpha value is -3.50. The van der Waals surface area contributed by atoms with E-state index in [-0.39, 0.29) is 16.0 Å². The summed E-state index contributed by atoms with van der Waals surface area (Å²) < 4.78 is 31.9. The molecule has 0 atom stereocenters. The normalized spacial score (nSPS) is 14.8. The van der Waals surface area contributed by atoms with Crippen LogP contribution in [0.3, 0.4) is 0 Å². The van der Waals surface area contributed by atoms with Gasteiger partial charge in [0.1, 0.15) is 11.1 Å². The first-order valence-electron chi connectivity index (χ1n) is 10.1. The lowest BCUT2D eigenvalue weighted by Crippen LogP contribution is -2.43. The van der Waals surface area contributed by atoms with Crippen molar-refractivity contribution in [3.05, 3.63) is 76.1 Å². The van der Waals surface area contributed by atoms with E-state index in [9.17, 15) is 22.8 Å². The van der Waals surface area contributed by atoms with Gasteiger partial charge in [0.05, 0.1) is 4.90 Å². The number of benzene rings is 2. The monoisotopic (exact) mass is 455 g/mol. The number of hydrogen-bond donors (Lipinski definition) is 2. The van der Waals surface area contributed by atoms with Crippen LogP contribution in [0.2, 0.25) is 0 Å². The predicted octanol–water partition coefficient (Wildman–Crippen LogP) is 2.04. The lowest BCUT2D eigenvalue weighted by atomic mass is 10.2. The third-order valence-electron chi connectivity index (χ3n) is 5.24. The molecule has 166 valence electrons. The van der Waals surface area contributed by atoms with Crippen molar-refractivity contribution in [1.29, 1.82) is 0 Å². The Bertz CT molecular complexity index is 1330. The van der Waals surface area contributed by atoms with Crippen LogP contribution >= 0.6 is 0 Å². The standard InChI is InChI=1S/C22H21N3O6S/c26-20(15-8-10-17(11-9-15)32(29,30)25-12-4-1-5-13-25)23-24-21(27)18-14-16-6-2-3-7-19(16)31-22(18)28/h2-3,6-11,14H,1,4-5,12-13H2,(H,23,26)(H,24,27). The number of amides is 2. The zero-order chi connectivity index (χ0) is 22.7. The first kappa shape index (κ1) is 21.7. The lowest BCUT2D eigenvalue weighted by molar-refractivity contribution is 0.0844. The molecule has 1 aromatic heterocycles. The SMILES string of the molecule is O=C(NNC(=O)c1cc2ccccc2oc1=O)c1ccc(S(=O)(=O)N2CCCCC2)cc1. The van der Waals surface area contributed by atoms with Gasteiger partial charge in [0.25, 0.3) is 11.8 Å². The zero-order valence-corrected chi connectivity index (χ0v) is 17.9. The highest BCUT2D eigenvalue weighted by molar-refractivity contribution is 7.89. The molecule has 2 heterocycles. The molecule has 3 aromatic rings. The Morgan fingerprint density at radius 1 is 0.875 bits per heavy atom. The molecule has 0 unspecified atom stereocenters. The second kappa shape index (κ2) is 8.93. The summed E-state index contributed by atoms with van der Waals surface area (Å²) in [6, 6.07) is 13.6. The molecule has 4 rings (SSSR count). The topological polar surface area (TPSA) is 126 Å². The number of carbonyl (C=O) groups is 2. The van der Waals surface area contributed by atoms with Gasteiger partial charge in [0.15, 0.2) is 0 Å². The number of para-hydroxylation sites is 1. The summed E-state index contributed by atoms with van der Waals surface area (Å²) in [5, 5.41) is 0.564. The Balaban J connectivity index is 1.42. The van der Waals surface area contributed by atoms with E-state index >= 15 is 0 Å². The minimum absolute atomic E-state index is 0.105. The fraction of sp³-hybridized carbons (Fsp3) is 0.227. The van der Waals surface area contributed by atoms with Crippen LogP contribution in [0.4, 0.5) is 0 Å². The van der Waals surface area contributed by atoms with E-state index in [1.165, 1.54) is 34.6 Å². The first-order chi connectivity index (χ1) is 15.4. The summed E-state index contributed by atoms with van der Waals surface area (Å²) in [6.45, 7) is 0.971. The number of sulfonamides is 1. The summed E-state index contributed by atoms with van der Waals surface area (Å²) in [5.74, 6) is -1.49. The average molecular weight is 455 g/mol. The Labute approximate surface area is 184 Å². The molecule has 0 saturated carbocycles. The Kier molecular flexibility index (Phi) is 6.06. The van der Waals surface area contributed by atoms with Gasteiger partial charge in [-0.3, -0.25) is 20.4 Å².